The first kappa shape index (κ1) is 10.3. The molecular weight excluding hydrogens is 220 g/mol. The van der Waals surface area contributed by atoms with Crippen LogP contribution in [0.25, 0.3) is 0 Å². The molecule has 0 bridgehead atoms. The number of sulfone groups is 1. The molecule has 1 aliphatic heterocycles. The van der Waals surface area contributed by atoms with Crippen LogP contribution in [0.5, 0.6) is 0 Å². The second-order valence-electron chi connectivity index (χ2n) is 3.46. The molecule has 0 aliphatic carbocycles. The fourth-order valence-electron chi connectivity index (χ4n) is 1.67. The zero-order valence-corrected chi connectivity index (χ0v) is 8.74. The van der Waals surface area contributed by atoms with Gasteiger partial charge in [-0.05, 0) is 12.8 Å². The third-order valence-corrected chi connectivity index (χ3v) is 4.60. The fraction of sp³-hybridized carbons (Fsp3) is 0.625. The molecule has 1 saturated heterocycles. The lowest BCUT2D eigenvalue weighted by molar-refractivity contribution is 0.108. The van der Waals surface area contributed by atoms with Gasteiger partial charge in [0.25, 0.3) is 5.89 Å². The van der Waals surface area contributed by atoms with Gasteiger partial charge in [-0.1, -0.05) is 11.6 Å². The van der Waals surface area contributed by atoms with Crippen molar-refractivity contribution >= 4 is 16.1 Å². The maximum atomic E-state index is 11.7. The van der Waals surface area contributed by atoms with Gasteiger partial charge in [0.05, 0.1) is 5.75 Å². The van der Waals surface area contributed by atoms with Crippen molar-refractivity contribution in [2.75, 3.05) is 5.75 Å². The molecule has 0 aromatic carbocycles. The minimum atomic E-state index is -3.17. The zero-order valence-electron chi connectivity index (χ0n) is 7.92. The Morgan fingerprint density at radius 1 is 1.40 bits per heavy atom. The number of carbonyl (C=O) groups is 1. The van der Waals surface area contributed by atoms with Crippen molar-refractivity contribution in [1.82, 2.24) is 10.1 Å². The Bertz CT molecular complexity index is 465. The summed E-state index contributed by atoms with van der Waals surface area (Å²) in [4.78, 5) is 14.0. The van der Waals surface area contributed by atoms with E-state index in [0.29, 0.717) is 19.1 Å². The largest absolute Gasteiger partial charge is 0.331 e. The third kappa shape index (κ3) is 1.92. The van der Waals surface area contributed by atoms with E-state index in [0.717, 1.165) is 6.42 Å². The minimum Gasteiger partial charge on any atom is -0.331 e. The van der Waals surface area contributed by atoms with Gasteiger partial charge in [0, 0.05) is 0 Å². The second kappa shape index (κ2) is 3.73. The Kier molecular flexibility index (Phi) is 2.56. The SMILES string of the molecule is O=Cc1nc(C2CCCCS2(=O)=O)no1. The van der Waals surface area contributed by atoms with Gasteiger partial charge in [-0.15, -0.1) is 0 Å². The predicted molar refractivity (Wildman–Crippen MR) is 50.1 cm³/mol. The Morgan fingerprint density at radius 3 is 2.80 bits per heavy atom. The van der Waals surface area contributed by atoms with E-state index >= 15 is 0 Å². The van der Waals surface area contributed by atoms with Crippen LogP contribution >= 0.6 is 0 Å². The summed E-state index contributed by atoms with van der Waals surface area (Å²) < 4.78 is 27.9. The van der Waals surface area contributed by atoms with Crippen LogP contribution in [0, 0.1) is 0 Å². The van der Waals surface area contributed by atoms with Crippen LogP contribution in [0.4, 0.5) is 0 Å². The topological polar surface area (TPSA) is 90.1 Å². The lowest BCUT2D eigenvalue weighted by Crippen LogP contribution is -2.22. The number of nitrogens with zero attached hydrogens (tertiary/aromatic N) is 2. The van der Waals surface area contributed by atoms with Crippen LogP contribution in [0.15, 0.2) is 4.52 Å². The first-order chi connectivity index (χ1) is 7.13. The summed E-state index contributed by atoms with van der Waals surface area (Å²) in [5.41, 5.74) is 0. The van der Waals surface area contributed by atoms with Crippen molar-refractivity contribution in [3.8, 4) is 0 Å². The van der Waals surface area contributed by atoms with Crippen molar-refractivity contribution in [3.63, 3.8) is 0 Å². The first-order valence-corrected chi connectivity index (χ1v) is 6.35. The third-order valence-electron chi connectivity index (χ3n) is 2.42. The molecule has 1 fully saturated rings. The normalized spacial score (nSPS) is 24.9. The molecule has 0 radical (unpaired) electrons. The highest BCUT2D eigenvalue weighted by atomic mass is 32.2. The Balaban J connectivity index is 2.32. The molecule has 2 rings (SSSR count). The number of carbonyl (C=O) groups excluding carboxylic acids is 1. The molecule has 0 saturated carbocycles. The van der Waals surface area contributed by atoms with Crippen molar-refractivity contribution in [2.24, 2.45) is 0 Å². The van der Waals surface area contributed by atoms with Gasteiger partial charge < -0.3 is 4.52 Å². The van der Waals surface area contributed by atoms with Gasteiger partial charge in [0.1, 0.15) is 5.25 Å². The summed E-state index contributed by atoms with van der Waals surface area (Å²) in [6, 6.07) is 0. The molecular formula is C8H10N2O4S. The van der Waals surface area contributed by atoms with Crippen LogP contribution in [-0.2, 0) is 9.84 Å². The molecule has 15 heavy (non-hydrogen) atoms. The van der Waals surface area contributed by atoms with Gasteiger partial charge >= 0.3 is 0 Å². The maximum absolute atomic E-state index is 11.7. The lowest BCUT2D eigenvalue weighted by Gasteiger charge is -2.18. The van der Waals surface area contributed by atoms with Gasteiger partial charge in [-0.3, -0.25) is 4.79 Å². The molecule has 1 aromatic heterocycles. The predicted octanol–water partition coefficient (Wildman–Crippen LogP) is 0.522. The molecule has 2 heterocycles. The van der Waals surface area contributed by atoms with Crippen LogP contribution in [0.3, 0.4) is 0 Å². The smallest absolute Gasteiger partial charge is 0.290 e. The molecule has 0 N–H and O–H groups in total. The number of aromatic nitrogens is 2. The standard InChI is InChI=1S/C8H10N2O4S/c11-5-7-9-8(10-14-7)6-3-1-2-4-15(6,12)13/h5-6H,1-4H2. The molecule has 82 valence electrons. The summed E-state index contributed by atoms with van der Waals surface area (Å²) in [7, 11) is -3.17. The zero-order chi connectivity index (χ0) is 10.9. The summed E-state index contributed by atoms with van der Waals surface area (Å²) in [6.45, 7) is 0. The van der Waals surface area contributed by atoms with Gasteiger partial charge in [0.2, 0.25) is 6.29 Å². The summed E-state index contributed by atoms with van der Waals surface area (Å²) in [6.07, 6.45) is 2.41. The van der Waals surface area contributed by atoms with Crippen molar-refractivity contribution in [2.45, 2.75) is 24.5 Å². The second-order valence-corrected chi connectivity index (χ2v) is 5.76. The highest BCUT2D eigenvalue weighted by Crippen LogP contribution is 2.31. The summed E-state index contributed by atoms with van der Waals surface area (Å²) in [5, 5.41) is 2.80. The van der Waals surface area contributed by atoms with Crippen molar-refractivity contribution < 1.29 is 17.7 Å². The molecule has 1 atom stereocenters. The van der Waals surface area contributed by atoms with E-state index in [9.17, 15) is 13.2 Å². The summed E-state index contributed by atoms with van der Waals surface area (Å²) in [5.74, 6) is 0.0883. The van der Waals surface area contributed by atoms with Crippen molar-refractivity contribution in [1.29, 1.82) is 0 Å². The van der Waals surface area contributed by atoms with Gasteiger partial charge in [0.15, 0.2) is 15.7 Å². The number of hydrogen-bond donors (Lipinski definition) is 0. The molecule has 6 nitrogen and oxygen atoms in total. The van der Waals surface area contributed by atoms with Crippen LogP contribution in [0.2, 0.25) is 0 Å². The monoisotopic (exact) mass is 230 g/mol. The number of hydrogen-bond acceptors (Lipinski definition) is 6. The molecule has 1 aromatic rings. The Labute approximate surface area is 86.6 Å². The Morgan fingerprint density at radius 2 is 2.20 bits per heavy atom. The minimum absolute atomic E-state index is 0.108. The van der Waals surface area contributed by atoms with E-state index in [1.165, 1.54) is 0 Å². The number of rotatable bonds is 2. The highest BCUT2D eigenvalue weighted by molar-refractivity contribution is 7.91. The highest BCUT2D eigenvalue weighted by Gasteiger charge is 2.33. The quantitative estimate of drug-likeness (QED) is 0.688. The average Bonchev–Trinajstić information content (AvgIpc) is 2.65. The van der Waals surface area contributed by atoms with E-state index in [-0.39, 0.29) is 17.5 Å². The van der Waals surface area contributed by atoms with Crippen LogP contribution in [-0.4, -0.2) is 30.6 Å². The fourth-order valence-corrected chi connectivity index (χ4v) is 3.50. The number of aldehydes is 1. The van der Waals surface area contributed by atoms with E-state index in [4.69, 9.17) is 0 Å². The van der Waals surface area contributed by atoms with E-state index in [2.05, 4.69) is 14.7 Å². The molecule has 0 spiro atoms. The average molecular weight is 230 g/mol. The molecule has 1 aliphatic rings. The summed E-state index contributed by atoms with van der Waals surface area (Å²) >= 11 is 0. The van der Waals surface area contributed by atoms with E-state index < -0.39 is 15.1 Å². The van der Waals surface area contributed by atoms with Crippen LogP contribution < -0.4 is 0 Å². The Hall–Kier alpha value is -1.24. The van der Waals surface area contributed by atoms with E-state index in [1.807, 2.05) is 0 Å². The molecule has 7 heteroatoms. The molecule has 0 amide bonds. The maximum Gasteiger partial charge on any atom is 0.290 e. The van der Waals surface area contributed by atoms with E-state index in [1.54, 1.807) is 0 Å². The first-order valence-electron chi connectivity index (χ1n) is 4.64. The molecule has 1 unspecified atom stereocenters. The van der Waals surface area contributed by atoms with Gasteiger partial charge in [-0.2, -0.15) is 4.98 Å². The van der Waals surface area contributed by atoms with Crippen molar-refractivity contribution in [3.05, 3.63) is 11.7 Å². The van der Waals surface area contributed by atoms with Gasteiger partial charge in [-0.25, -0.2) is 8.42 Å². The lowest BCUT2D eigenvalue weighted by atomic mass is 10.2. The van der Waals surface area contributed by atoms with Crippen LogP contribution in [0.1, 0.15) is 41.0 Å².